The molecule has 1 aliphatic carbocycles. The van der Waals surface area contributed by atoms with Crippen LogP contribution in [0.25, 0.3) is 0 Å². The molecule has 112 valence electrons. The average molecular weight is 258 g/mol. The minimum Gasteiger partial charge on any atom is -0.306 e. The van der Waals surface area contributed by atoms with E-state index in [1.807, 2.05) is 41.5 Å². The van der Waals surface area contributed by atoms with Gasteiger partial charge in [-0.15, -0.1) is 0 Å². The highest BCUT2D eigenvalue weighted by Gasteiger charge is 2.38. The molecule has 0 aromatic heterocycles. The van der Waals surface area contributed by atoms with Crippen LogP contribution in [-0.4, -0.2) is 25.0 Å². The zero-order valence-electron chi connectivity index (χ0n) is 14.5. The van der Waals surface area contributed by atoms with Gasteiger partial charge in [0.05, 0.1) is 0 Å². The second kappa shape index (κ2) is 12.0. The second-order valence-corrected chi connectivity index (χ2v) is 5.17. The molecule has 1 saturated heterocycles. The van der Waals surface area contributed by atoms with Gasteiger partial charge in [0, 0.05) is 6.54 Å². The smallest absolute Gasteiger partial charge is 0.00354 e. The molecule has 1 heteroatoms. The first kappa shape index (κ1) is 20.3. The summed E-state index contributed by atoms with van der Waals surface area (Å²) in [6.07, 6.45) is 7.43. The van der Waals surface area contributed by atoms with Crippen LogP contribution >= 0.6 is 0 Å². The fourth-order valence-corrected chi connectivity index (χ4v) is 2.94. The van der Waals surface area contributed by atoms with Gasteiger partial charge >= 0.3 is 0 Å². The molecule has 2 fully saturated rings. The normalized spacial score (nSPS) is 30.3. The quantitative estimate of drug-likeness (QED) is 0.546. The predicted molar refractivity (Wildman–Crippen MR) is 86.2 cm³/mol. The van der Waals surface area contributed by atoms with E-state index in [0.717, 1.165) is 11.3 Å². The molecule has 18 heavy (non-hydrogen) atoms. The highest BCUT2D eigenvalue weighted by Crippen LogP contribution is 2.44. The molecule has 1 heterocycles. The summed E-state index contributed by atoms with van der Waals surface area (Å²) in [7, 11) is 2.27. The third-order valence-corrected chi connectivity index (χ3v) is 3.96. The molecule has 1 aliphatic heterocycles. The molecule has 0 amide bonds. The molecule has 1 nitrogen and oxygen atoms in total. The summed E-state index contributed by atoms with van der Waals surface area (Å²) >= 11 is 0. The highest BCUT2D eigenvalue weighted by atomic mass is 15.1. The van der Waals surface area contributed by atoms with Crippen LogP contribution < -0.4 is 0 Å². The predicted octanol–water partition coefficient (Wildman–Crippen LogP) is 5.60. The summed E-state index contributed by atoms with van der Waals surface area (Å²) in [5, 5.41) is 0. The first-order chi connectivity index (χ1) is 8.70. The van der Waals surface area contributed by atoms with Gasteiger partial charge in [-0.2, -0.15) is 0 Å². The van der Waals surface area contributed by atoms with E-state index in [-0.39, 0.29) is 0 Å². The van der Waals surface area contributed by atoms with Crippen molar-refractivity contribution in [1.29, 1.82) is 0 Å². The van der Waals surface area contributed by atoms with Crippen molar-refractivity contribution in [2.24, 2.45) is 11.3 Å². The van der Waals surface area contributed by atoms with Crippen molar-refractivity contribution in [3.8, 4) is 0 Å². The van der Waals surface area contributed by atoms with Crippen molar-refractivity contribution in [2.75, 3.05) is 20.1 Å². The first-order valence-corrected chi connectivity index (χ1v) is 8.39. The molecule has 0 aromatic rings. The van der Waals surface area contributed by atoms with Gasteiger partial charge in [0.25, 0.3) is 0 Å². The molecule has 0 aromatic carbocycles. The molecule has 0 radical (unpaired) electrons. The van der Waals surface area contributed by atoms with Crippen LogP contribution in [0.3, 0.4) is 0 Å². The van der Waals surface area contributed by atoms with Gasteiger partial charge in [-0.3, -0.25) is 0 Å². The minimum absolute atomic E-state index is 0.751. The van der Waals surface area contributed by atoms with Crippen LogP contribution in [0.5, 0.6) is 0 Å². The molecule has 0 unspecified atom stereocenters. The Morgan fingerprint density at radius 1 is 0.833 bits per heavy atom. The maximum absolute atomic E-state index is 2.51. The monoisotopic (exact) mass is 257 g/mol. The summed E-state index contributed by atoms with van der Waals surface area (Å²) in [5.74, 6) is 1.00. The van der Waals surface area contributed by atoms with Crippen LogP contribution in [0.2, 0.25) is 0 Å². The Morgan fingerprint density at radius 2 is 1.28 bits per heavy atom. The van der Waals surface area contributed by atoms with E-state index in [9.17, 15) is 0 Å². The van der Waals surface area contributed by atoms with E-state index in [1.54, 1.807) is 0 Å². The Balaban J connectivity index is 0. The Bertz CT molecular complexity index is 157. The zero-order valence-corrected chi connectivity index (χ0v) is 14.5. The van der Waals surface area contributed by atoms with E-state index >= 15 is 0 Å². The molecule has 1 spiro atoms. The van der Waals surface area contributed by atoms with Gasteiger partial charge in [-0.25, -0.2) is 0 Å². The maximum atomic E-state index is 2.51. The second-order valence-electron chi connectivity index (χ2n) is 5.17. The van der Waals surface area contributed by atoms with Crippen molar-refractivity contribution >= 4 is 0 Å². The lowest BCUT2D eigenvalue weighted by molar-refractivity contribution is 0.163. The van der Waals surface area contributed by atoms with Crippen LogP contribution in [0, 0.1) is 11.3 Å². The zero-order chi connectivity index (χ0) is 14.6. The number of hydrogen-bond acceptors (Lipinski definition) is 1. The summed E-state index contributed by atoms with van der Waals surface area (Å²) in [6, 6.07) is 0. The Labute approximate surface area is 117 Å². The number of likely N-dealkylation sites (tertiary alicyclic amines) is 1. The Kier molecular flexibility index (Phi) is 13.5. The molecule has 2 rings (SSSR count). The van der Waals surface area contributed by atoms with Crippen LogP contribution in [0.1, 0.15) is 80.6 Å². The Morgan fingerprint density at radius 3 is 1.61 bits per heavy atom. The van der Waals surface area contributed by atoms with E-state index in [1.165, 1.54) is 45.2 Å². The number of rotatable bonds is 0. The average Bonchev–Trinajstić information content (AvgIpc) is 2.82. The third kappa shape index (κ3) is 6.78. The number of nitrogens with zero attached hydrogens (tertiary/aromatic N) is 1. The summed E-state index contributed by atoms with van der Waals surface area (Å²) in [5.41, 5.74) is 0.751. The van der Waals surface area contributed by atoms with Gasteiger partial charge < -0.3 is 4.90 Å². The van der Waals surface area contributed by atoms with Gasteiger partial charge in [0.2, 0.25) is 0 Å². The molecular formula is C17H39N. The van der Waals surface area contributed by atoms with E-state index in [0.29, 0.717) is 0 Å². The Hall–Kier alpha value is -0.0400. The van der Waals surface area contributed by atoms with Crippen LogP contribution in [0.4, 0.5) is 0 Å². The van der Waals surface area contributed by atoms with Gasteiger partial charge in [0.1, 0.15) is 0 Å². The first-order valence-electron chi connectivity index (χ1n) is 8.39. The van der Waals surface area contributed by atoms with Gasteiger partial charge in [-0.1, -0.05) is 61.3 Å². The standard InChI is InChI=1S/C11H21N.3C2H6/c1-10-3-5-11(6-4-10)7-8-12(2)9-11;3*1-2/h10H,3-9H2,1-2H3;3*1-2H3. The van der Waals surface area contributed by atoms with E-state index in [2.05, 4.69) is 18.9 Å². The largest absolute Gasteiger partial charge is 0.306 e. The summed E-state index contributed by atoms with van der Waals surface area (Å²) in [4.78, 5) is 2.51. The fraction of sp³-hybridized carbons (Fsp3) is 1.00. The van der Waals surface area contributed by atoms with E-state index in [4.69, 9.17) is 0 Å². The molecule has 1 saturated carbocycles. The minimum atomic E-state index is 0.751. The van der Waals surface area contributed by atoms with Crippen molar-refractivity contribution in [2.45, 2.75) is 80.6 Å². The lowest BCUT2D eigenvalue weighted by Crippen LogP contribution is -2.29. The molecule has 0 atom stereocenters. The highest BCUT2D eigenvalue weighted by molar-refractivity contribution is 4.91. The fourth-order valence-electron chi connectivity index (χ4n) is 2.94. The summed E-state index contributed by atoms with van der Waals surface area (Å²) in [6.45, 7) is 17.1. The lowest BCUT2D eigenvalue weighted by Gasteiger charge is -2.35. The lowest BCUT2D eigenvalue weighted by atomic mass is 9.70. The van der Waals surface area contributed by atoms with Crippen molar-refractivity contribution in [3.05, 3.63) is 0 Å². The number of hydrogen-bond donors (Lipinski definition) is 0. The van der Waals surface area contributed by atoms with Crippen molar-refractivity contribution in [1.82, 2.24) is 4.90 Å². The third-order valence-electron chi connectivity index (χ3n) is 3.96. The van der Waals surface area contributed by atoms with E-state index < -0.39 is 0 Å². The maximum Gasteiger partial charge on any atom is 0.00354 e. The van der Waals surface area contributed by atoms with Crippen LogP contribution in [-0.2, 0) is 0 Å². The molecule has 2 aliphatic rings. The topological polar surface area (TPSA) is 3.24 Å². The SMILES string of the molecule is CC.CC.CC.CC1CCC2(CC1)CCN(C)C2. The van der Waals surface area contributed by atoms with Crippen LogP contribution in [0.15, 0.2) is 0 Å². The van der Waals surface area contributed by atoms with Gasteiger partial charge in [-0.05, 0) is 44.2 Å². The van der Waals surface area contributed by atoms with Crippen molar-refractivity contribution in [3.63, 3.8) is 0 Å². The summed E-state index contributed by atoms with van der Waals surface area (Å²) < 4.78 is 0. The molecule has 0 bridgehead atoms. The molecule has 0 N–H and O–H groups in total. The van der Waals surface area contributed by atoms with Crippen molar-refractivity contribution < 1.29 is 0 Å². The van der Waals surface area contributed by atoms with Gasteiger partial charge in [0.15, 0.2) is 0 Å². The molecular weight excluding hydrogens is 218 g/mol.